The van der Waals surface area contributed by atoms with Crippen LogP contribution in [-0.4, -0.2) is 14.5 Å². The first-order valence-electron chi connectivity index (χ1n) is 25.0. The predicted octanol–water partition coefficient (Wildman–Crippen LogP) is 18.4. The number of para-hydroxylation sites is 4. The lowest BCUT2D eigenvalue weighted by Gasteiger charge is -2.26. The fourth-order valence-electron chi connectivity index (χ4n) is 10.6. The summed E-state index contributed by atoms with van der Waals surface area (Å²) in [6.07, 6.45) is 0. The first-order valence-corrected chi connectivity index (χ1v) is 25.0. The first-order chi connectivity index (χ1) is 35.9. The number of anilines is 6. The Bertz CT molecular complexity index is 3630. The van der Waals surface area contributed by atoms with E-state index in [0.717, 1.165) is 90.2 Å². The summed E-state index contributed by atoms with van der Waals surface area (Å²) < 4.78 is 2.48. The van der Waals surface area contributed by atoms with Crippen molar-refractivity contribution in [3.63, 3.8) is 0 Å². The third kappa shape index (κ3) is 8.51. The molecule has 0 amide bonds. The Hall–Kier alpha value is -9.32. The van der Waals surface area contributed by atoms with Crippen LogP contribution in [0.3, 0.4) is 0 Å². The molecule has 0 N–H and O–H groups in total. The number of rotatable bonds is 11. The van der Waals surface area contributed by atoms with E-state index in [9.17, 15) is 0 Å². The van der Waals surface area contributed by atoms with Gasteiger partial charge in [-0.3, -0.25) is 0 Å². The maximum absolute atomic E-state index is 5.18. The molecule has 350 valence electrons. The van der Waals surface area contributed by atoms with E-state index in [4.69, 9.17) is 9.97 Å². The zero-order valence-electron chi connectivity index (χ0n) is 41.4. The van der Waals surface area contributed by atoms with Gasteiger partial charge in [0.15, 0.2) is 5.82 Å². The van der Waals surface area contributed by atoms with Crippen molar-refractivity contribution in [2.24, 2.45) is 0 Å². The van der Waals surface area contributed by atoms with Gasteiger partial charge >= 0.3 is 0 Å². The Morgan fingerprint density at radius 3 is 1.15 bits per heavy atom. The van der Waals surface area contributed by atoms with Crippen LogP contribution in [0.5, 0.6) is 0 Å². The van der Waals surface area contributed by atoms with E-state index in [0.29, 0.717) is 0 Å². The van der Waals surface area contributed by atoms with E-state index >= 15 is 0 Å². The van der Waals surface area contributed by atoms with Gasteiger partial charge in [0.2, 0.25) is 0 Å². The highest BCUT2D eigenvalue weighted by molar-refractivity contribution is 6.12. The van der Waals surface area contributed by atoms with Crippen molar-refractivity contribution < 1.29 is 0 Å². The molecule has 5 nitrogen and oxygen atoms in total. The van der Waals surface area contributed by atoms with Gasteiger partial charge in [-0.15, -0.1) is 0 Å². The van der Waals surface area contributed by atoms with Crippen LogP contribution in [0.2, 0.25) is 0 Å². The van der Waals surface area contributed by atoms with Crippen LogP contribution in [0.4, 0.5) is 34.1 Å². The molecule has 0 spiro atoms. The van der Waals surface area contributed by atoms with E-state index in [1.807, 2.05) is 0 Å². The zero-order chi connectivity index (χ0) is 49.4. The molecular formula is C68H53N5. The summed E-state index contributed by atoms with van der Waals surface area (Å²) in [4.78, 5) is 15.0. The summed E-state index contributed by atoms with van der Waals surface area (Å²) in [5.41, 5.74) is 22.1. The Morgan fingerprint density at radius 1 is 0.301 bits per heavy atom. The minimum atomic E-state index is 0.728. The molecule has 10 aromatic carbocycles. The number of benzene rings is 10. The molecule has 2 aromatic heterocycles. The molecule has 12 rings (SSSR count). The molecular weight excluding hydrogens is 887 g/mol. The molecule has 0 atom stereocenters. The third-order valence-corrected chi connectivity index (χ3v) is 14.1. The second-order valence-corrected chi connectivity index (χ2v) is 18.9. The van der Waals surface area contributed by atoms with Crippen LogP contribution in [0.15, 0.2) is 249 Å². The van der Waals surface area contributed by atoms with Crippen LogP contribution in [-0.2, 0) is 0 Å². The average Bonchev–Trinajstić information content (AvgIpc) is 3.75. The molecule has 0 aliphatic heterocycles. The zero-order valence-corrected chi connectivity index (χ0v) is 41.4. The number of fused-ring (bicyclic) bond motifs is 3. The summed E-state index contributed by atoms with van der Waals surface area (Å²) in [5.74, 6) is 0.728. The maximum atomic E-state index is 5.18. The minimum absolute atomic E-state index is 0.728. The Balaban J connectivity index is 0.985. The SMILES string of the molecule is Cc1ccccc1-c1cc(-c2ccc(-c3cc(C)c(-n4c5ccc(N(c6ccccc6)c6ccccc6)cc5c5cc(N(c6ccccc6)c6ccccc6)ccc54)c(C)c3)cc2)nc(-c2ccccc2C)n1. The van der Waals surface area contributed by atoms with Gasteiger partial charge in [-0.1, -0.05) is 146 Å². The molecule has 0 unspecified atom stereocenters. The van der Waals surface area contributed by atoms with Crippen molar-refractivity contribution in [3.8, 4) is 50.7 Å². The number of hydrogen-bond donors (Lipinski definition) is 0. The number of hydrogen-bond acceptors (Lipinski definition) is 4. The lowest BCUT2D eigenvalue weighted by molar-refractivity contribution is 1.12. The summed E-state index contributed by atoms with van der Waals surface area (Å²) in [5, 5.41) is 2.35. The molecule has 0 saturated carbocycles. The molecule has 12 aromatic rings. The normalized spacial score (nSPS) is 11.3. The fourth-order valence-corrected chi connectivity index (χ4v) is 10.6. The van der Waals surface area contributed by atoms with Crippen molar-refractivity contribution in [3.05, 3.63) is 271 Å². The number of aromatic nitrogens is 3. The van der Waals surface area contributed by atoms with Crippen molar-refractivity contribution in [2.75, 3.05) is 9.80 Å². The highest BCUT2D eigenvalue weighted by Gasteiger charge is 2.22. The topological polar surface area (TPSA) is 37.2 Å². The van der Waals surface area contributed by atoms with Gasteiger partial charge in [-0.05, 0) is 164 Å². The van der Waals surface area contributed by atoms with Gasteiger partial charge in [0.1, 0.15) is 0 Å². The number of nitrogens with zero attached hydrogens (tertiary/aromatic N) is 5. The van der Waals surface area contributed by atoms with Crippen LogP contribution >= 0.6 is 0 Å². The highest BCUT2D eigenvalue weighted by atomic mass is 15.1. The van der Waals surface area contributed by atoms with Crippen molar-refractivity contribution in [1.29, 1.82) is 0 Å². The van der Waals surface area contributed by atoms with Crippen molar-refractivity contribution in [2.45, 2.75) is 27.7 Å². The predicted molar refractivity (Wildman–Crippen MR) is 306 cm³/mol. The second-order valence-electron chi connectivity index (χ2n) is 18.9. The molecule has 0 saturated heterocycles. The smallest absolute Gasteiger partial charge is 0.160 e. The monoisotopic (exact) mass is 939 g/mol. The van der Waals surface area contributed by atoms with Gasteiger partial charge in [0.05, 0.1) is 28.1 Å². The molecule has 0 aliphatic carbocycles. The minimum Gasteiger partial charge on any atom is -0.310 e. The van der Waals surface area contributed by atoms with E-state index in [1.165, 1.54) is 38.7 Å². The number of aryl methyl sites for hydroxylation is 4. The van der Waals surface area contributed by atoms with Crippen molar-refractivity contribution >= 4 is 55.9 Å². The summed E-state index contributed by atoms with van der Waals surface area (Å²) in [6.45, 7) is 8.76. The molecule has 73 heavy (non-hydrogen) atoms. The standard InChI is InChI=1S/C68H53N5/c1-46-21-17-19-31-59(46)64-45-63(69-68(70-64)60-32-20-18-22-47(60)2)51-35-33-50(34-36-51)52-41-48(3)67(49(4)42-52)73-65-39-37-57(71(53-23-9-5-10-24-53)54-25-11-6-12-26-54)43-61(65)62-44-58(38-40-66(62)73)72(55-27-13-7-14-28-55)56-29-15-8-16-30-56/h5-45H,1-4H3. The molecule has 0 bridgehead atoms. The Labute approximate surface area is 427 Å². The second kappa shape index (κ2) is 19.1. The quantitative estimate of drug-likeness (QED) is 0.129. The first kappa shape index (κ1) is 44.9. The van der Waals surface area contributed by atoms with Crippen LogP contribution in [0.25, 0.3) is 72.5 Å². The van der Waals surface area contributed by atoms with E-state index in [1.54, 1.807) is 0 Å². The molecule has 0 radical (unpaired) electrons. The fraction of sp³-hybridized carbons (Fsp3) is 0.0588. The van der Waals surface area contributed by atoms with Gasteiger partial charge in [0, 0.05) is 61.6 Å². The van der Waals surface area contributed by atoms with Crippen LogP contribution in [0, 0.1) is 27.7 Å². The van der Waals surface area contributed by atoms with E-state index in [2.05, 4.69) is 291 Å². The van der Waals surface area contributed by atoms with Gasteiger partial charge < -0.3 is 14.4 Å². The Morgan fingerprint density at radius 2 is 0.699 bits per heavy atom. The van der Waals surface area contributed by atoms with Gasteiger partial charge in [-0.25, -0.2) is 9.97 Å². The van der Waals surface area contributed by atoms with Gasteiger partial charge in [0.25, 0.3) is 0 Å². The molecule has 0 fully saturated rings. The van der Waals surface area contributed by atoms with Crippen molar-refractivity contribution in [1.82, 2.24) is 14.5 Å². The average molecular weight is 940 g/mol. The molecule has 0 aliphatic rings. The summed E-state index contributed by atoms with van der Waals surface area (Å²) >= 11 is 0. The largest absolute Gasteiger partial charge is 0.310 e. The highest BCUT2D eigenvalue weighted by Crippen LogP contribution is 2.44. The lowest BCUT2D eigenvalue weighted by atomic mass is 9.97. The third-order valence-electron chi connectivity index (χ3n) is 14.1. The van der Waals surface area contributed by atoms with E-state index in [-0.39, 0.29) is 0 Å². The van der Waals surface area contributed by atoms with Gasteiger partial charge in [-0.2, -0.15) is 0 Å². The van der Waals surface area contributed by atoms with Crippen LogP contribution < -0.4 is 9.80 Å². The summed E-state index contributed by atoms with van der Waals surface area (Å²) in [7, 11) is 0. The molecule has 5 heteroatoms. The lowest BCUT2D eigenvalue weighted by Crippen LogP contribution is -2.09. The van der Waals surface area contributed by atoms with E-state index < -0.39 is 0 Å². The van der Waals surface area contributed by atoms with Crippen LogP contribution in [0.1, 0.15) is 22.3 Å². The Kier molecular flexibility index (Phi) is 11.7. The summed E-state index contributed by atoms with van der Waals surface area (Å²) in [6, 6.07) is 88.9. The maximum Gasteiger partial charge on any atom is 0.160 e. The molecule has 2 heterocycles.